The molecule has 0 fully saturated rings. The Balaban J connectivity index is 3.51. The van der Waals surface area contributed by atoms with Crippen molar-refractivity contribution in [2.75, 3.05) is 19.8 Å². The maximum Gasteiger partial charge on any atom is 0.306 e. The maximum absolute atomic E-state index is 12.1. The molecule has 4 nitrogen and oxygen atoms in total. The second kappa shape index (κ2) is 35.5. The van der Waals surface area contributed by atoms with Crippen LogP contribution in [-0.2, 0) is 14.3 Å². The number of aliphatic hydroxyl groups excluding tert-OH is 1. The van der Waals surface area contributed by atoms with Crippen molar-refractivity contribution in [2.24, 2.45) is 0 Å². The van der Waals surface area contributed by atoms with Gasteiger partial charge in [-0.05, 0) is 51.4 Å². The summed E-state index contributed by atoms with van der Waals surface area (Å²) < 4.78 is 11.1. The van der Waals surface area contributed by atoms with Gasteiger partial charge in [-0.25, -0.2) is 0 Å². The zero-order chi connectivity index (χ0) is 30.6. The number of aliphatic hydroxyl groups is 1. The van der Waals surface area contributed by atoms with Crippen LogP contribution in [0.1, 0.15) is 162 Å². The van der Waals surface area contributed by atoms with Crippen LogP contribution in [0, 0.1) is 0 Å². The van der Waals surface area contributed by atoms with E-state index in [1.807, 2.05) is 0 Å². The molecule has 0 heterocycles. The molecule has 1 atom stereocenters. The lowest BCUT2D eigenvalue weighted by Gasteiger charge is -2.15. The molecule has 0 aliphatic carbocycles. The lowest BCUT2D eigenvalue weighted by Crippen LogP contribution is -2.27. The average Bonchev–Trinajstić information content (AvgIpc) is 3.00. The highest BCUT2D eigenvalue weighted by molar-refractivity contribution is 5.69. The van der Waals surface area contributed by atoms with E-state index in [0.717, 1.165) is 64.2 Å². The van der Waals surface area contributed by atoms with Gasteiger partial charge in [0.15, 0.2) is 0 Å². The van der Waals surface area contributed by atoms with E-state index in [9.17, 15) is 9.90 Å². The number of unbranched alkanes of at least 4 members (excludes halogenated alkanes) is 16. The fourth-order valence-corrected chi connectivity index (χ4v) is 4.79. The first-order chi connectivity index (χ1) is 20.7. The van der Waals surface area contributed by atoms with Crippen LogP contribution in [0.25, 0.3) is 0 Å². The SMILES string of the molecule is CC/C=C\C/C=C\C/C=C\C/C=C\CCCCCOCC(CO)OC(=O)CCCCCCCCCCCCCCCC. The minimum atomic E-state index is -0.548. The highest BCUT2D eigenvalue weighted by Gasteiger charge is 2.13. The lowest BCUT2D eigenvalue weighted by atomic mass is 10.0. The lowest BCUT2D eigenvalue weighted by molar-refractivity contribution is -0.154. The average molecular weight is 589 g/mol. The number of carbonyl (C=O) groups excluding carboxylic acids is 1. The summed E-state index contributed by atoms with van der Waals surface area (Å²) in [6.45, 7) is 5.16. The van der Waals surface area contributed by atoms with Gasteiger partial charge in [-0.1, -0.05) is 152 Å². The molecule has 0 aromatic rings. The van der Waals surface area contributed by atoms with E-state index in [1.165, 1.54) is 77.0 Å². The first-order valence-electron chi connectivity index (χ1n) is 17.7. The fraction of sp³-hybridized carbons (Fsp3) is 0.763. The van der Waals surface area contributed by atoms with Gasteiger partial charge in [-0.3, -0.25) is 4.79 Å². The molecule has 0 bridgehead atoms. The molecule has 0 saturated heterocycles. The minimum absolute atomic E-state index is 0.184. The highest BCUT2D eigenvalue weighted by Crippen LogP contribution is 2.14. The highest BCUT2D eigenvalue weighted by atomic mass is 16.6. The largest absolute Gasteiger partial charge is 0.457 e. The first kappa shape index (κ1) is 40.4. The Morgan fingerprint density at radius 2 is 1.07 bits per heavy atom. The second-order valence-corrected chi connectivity index (χ2v) is 11.6. The van der Waals surface area contributed by atoms with Gasteiger partial charge in [0.25, 0.3) is 0 Å². The molecule has 0 aromatic heterocycles. The zero-order valence-corrected chi connectivity index (χ0v) is 27.8. The van der Waals surface area contributed by atoms with Gasteiger partial charge < -0.3 is 14.6 Å². The summed E-state index contributed by atoms with van der Waals surface area (Å²) >= 11 is 0. The van der Waals surface area contributed by atoms with Crippen molar-refractivity contribution < 1.29 is 19.4 Å². The van der Waals surface area contributed by atoms with Crippen molar-refractivity contribution in [1.29, 1.82) is 0 Å². The molecular weight excluding hydrogens is 520 g/mol. The van der Waals surface area contributed by atoms with Crippen LogP contribution in [0.2, 0.25) is 0 Å². The van der Waals surface area contributed by atoms with Gasteiger partial charge >= 0.3 is 5.97 Å². The smallest absolute Gasteiger partial charge is 0.306 e. The third-order valence-corrected chi connectivity index (χ3v) is 7.42. The van der Waals surface area contributed by atoms with Crippen LogP contribution in [0.5, 0.6) is 0 Å². The van der Waals surface area contributed by atoms with Crippen LogP contribution in [0.3, 0.4) is 0 Å². The summed E-state index contributed by atoms with van der Waals surface area (Å²) in [5.74, 6) is -0.213. The normalized spacial score (nSPS) is 12.9. The van der Waals surface area contributed by atoms with Gasteiger partial charge in [-0.15, -0.1) is 0 Å². The van der Waals surface area contributed by atoms with Crippen LogP contribution in [0.4, 0.5) is 0 Å². The van der Waals surface area contributed by atoms with Crippen LogP contribution >= 0.6 is 0 Å². The molecule has 0 saturated carbocycles. The summed E-state index contributed by atoms with van der Waals surface area (Å²) in [6.07, 6.45) is 44.3. The monoisotopic (exact) mass is 589 g/mol. The topological polar surface area (TPSA) is 55.8 Å². The van der Waals surface area contributed by atoms with Gasteiger partial charge in [0, 0.05) is 13.0 Å². The molecule has 244 valence electrons. The number of hydrogen-bond acceptors (Lipinski definition) is 4. The summed E-state index contributed by atoms with van der Waals surface area (Å²) in [5.41, 5.74) is 0. The number of esters is 1. The van der Waals surface area contributed by atoms with Gasteiger partial charge in [-0.2, -0.15) is 0 Å². The Hall–Kier alpha value is -1.65. The predicted octanol–water partition coefficient (Wildman–Crippen LogP) is 11.1. The van der Waals surface area contributed by atoms with Crippen LogP contribution in [0.15, 0.2) is 48.6 Å². The third kappa shape index (κ3) is 32.9. The van der Waals surface area contributed by atoms with Crippen molar-refractivity contribution in [3.63, 3.8) is 0 Å². The van der Waals surface area contributed by atoms with E-state index in [4.69, 9.17) is 9.47 Å². The van der Waals surface area contributed by atoms with Crippen LogP contribution in [-0.4, -0.2) is 37.0 Å². The van der Waals surface area contributed by atoms with Crippen LogP contribution < -0.4 is 0 Å². The predicted molar refractivity (Wildman–Crippen MR) is 182 cm³/mol. The van der Waals surface area contributed by atoms with E-state index in [2.05, 4.69) is 62.5 Å². The Kier molecular flexibility index (Phi) is 34.1. The Morgan fingerprint density at radius 3 is 1.60 bits per heavy atom. The molecule has 1 unspecified atom stereocenters. The van der Waals surface area contributed by atoms with E-state index < -0.39 is 6.10 Å². The Bertz CT molecular complexity index is 664. The van der Waals surface area contributed by atoms with Gasteiger partial charge in [0.2, 0.25) is 0 Å². The van der Waals surface area contributed by atoms with E-state index in [1.54, 1.807) is 0 Å². The summed E-state index contributed by atoms with van der Waals surface area (Å²) in [7, 11) is 0. The number of allylic oxidation sites excluding steroid dienone is 8. The number of rotatable bonds is 32. The molecule has 0 radical (unpaired) electrons. The van der Waals surface area contributed by atoms with E-state index in [0.29, 0.717) is 13.0 Å². The maximum atomic E-state index is 12.1. The molecule has 0 aliphatic heterocycles. The zero-order valence-electron chi connectivity index (χ0n) is 27.8. The van der Waals surface area contributed by atoms with E-state index in [-0.39, 0.29) is 19.2 Å². The molecule has 42 heavy (non-hydrogen) atoms. The number of hydrogen-bond donors (Lipinski definition) is 1. The first-order valence-corrected chi connectivity index (χ1v) is 17.7. The Morgan fingerprint density at radius 1 is 0.595 bits per heavy atom. The van der Waals surface area contributed by atoms with Crippen molar-refractivity contribution in [1.82, 2.24) is 0 Å². The molecule has 0 aromatic carbocycles. The Labute approximate surface area is 261 Å². The van der Waals surface area contributed by atoms with Gasteiger partial charge in [0.1, 0.15) is 6.10 Å². The molecule has 1 N–H and O–H groups in total. The standard InChI is InChI=1S/C38H68O4/c1-3-5-7-9-11-13-15-17-19-20-22-24-26-28-30-32-34-41-36-37(35-39)42-38(40)33-31-29-27-25-23-21-18-16-14-12-10-8-6-4-2/h5,7,11,13,17,19,22,24,37,39H,3-4,6,8-10,12,14-16,18,20-21,23,25-36H2,1-2H3/b7-5-,13-11-,19-17-,24-22-. The molecule has 0 aliphatic rings. The minimum Gasteiger partial charge on any atom is -0.457 e. The summed E-state index contributed by atoms with van der Waals surface area (Å²) in [5, 5.41) is 9.54. The van der Waals surface area contributed by atoms with E-state index >= 15 is 0 Å². The van der Waals surface area contributed by atoms with Gasteiger partial charge in [0.05, 0.1) is 13.2 Å². The molecule has 0 amide bonds. The van der Waals surface area contributed by atoms with Crippen molar-refractivity contribution >= 4 is 5.97 Å². The second-order valence-electron chi connectivity index (χ2n) is 11.6. The van der Waals surface area contributed by atoms with Crippen molar-refractivity contribution in [3.8, 4) is 0 Å². The molecular formula is C38H68O4. The molecule has 0 spiro atoms. The van der Waals surface area contributed by atoms with Crippen molar-refractivity contribution in [2.45, 2.75) is 168 Å². The summed E-state index contributed by atoms with van der Waals surface area (Å²) in [6, 6.07) is 0. The van der Waals surface area contributed by atoms with Crippen molar-refractivity contribution in [3.05, 3.63) is 48.6 Å². The number of ether oxygens (including phenoxy) is 2. The molecule has 4 heteroatoms. The molecule has 0 rings (SSSR count). The fourth-order valence-electron chi connectivity index (χ4n) is 4.79. The summed E-state index contributed by atoms with van der Waals surface area (Å²) in [4.78, 5) is 12.1. The number of carbonyl (C=O) groups is 1. The quantitative estimate of drug-likeness (QED) is 0.0482. The third-order valence-electron chi connectivity index (χ3n) is 7.42.